The molecule has 220 valence electrons. The van der Waals surface area contributed by atoms with Crippen LogP contribution in [0.25, 0.3) is 0 Å². The van der Waals surface area contributed by atoms with Crippen molar-refractivity contribution in [1.82, 2.24) is 4.98 Å². The molecule has 8 nitrogen and oxygen atoms in total. The largest absolute Gasteiger partial charge is 0.493 e. The van der Waals surface area contributed by atoms with Crippen LogP contribution in [0, 0.1) is 30.5 Å². The summed E-state index contributed by atoms with van der Waals surface area (Å²) in [5, 5.41) is 0. The van der Waals surface area contributed by atoms with E-state index in [0.717, 1.165) is 11.1 Å². The number of ketones is 1. The summed E-state index contributed by atoms with van der Waals surface area (Å²) in [6.07, 6.45) is 1.07. The fraction of sp³-hybridized carbons (Fsp3) is 0.548. The molecule has 0 amide bonds. The van der Waals surface area contributed by atoms with E-state index in [1.54, 1.807) is 6.07 Å². The van der Waals surface area contributed by atoms with Crippen LogP contribution < -0.4 is 9.47 Å². The lowest BCUT2D eigenvalue weighted by Crippen LogP contribution is -2.31. The fourth-order valence-electron chi connectivity index (χ4n) is 4.91. The van der Waals surface area contributed by atoms with E-state index in [1.165, 1.54) is 38.6 Å². The molecular formula is C31H42FNO7. The second-order valence-corrected chi connectivity index (χ2v) is 10.8. The number of esters is 2. The molecule has 1 aromatic heterocycles. The molecule has 2 rings (SSSR count). The topological polar surface area (TPSA) is 101 Å². The van der Waals surface area contributed by atoms with Crippen molar-refractivity contribution in [2.24, 2.45) is 17.8 Å². The van der Waals surface area contributed by atoms with Gasteiger partial charge in [-0.2, -0.15) is 0 Å². The molecule has 0 unspecified atom stereocenters. The van der Waals surface area contributed by atoms with E-state index in [1.807, 2.05) is 41.5 Å². The molecule has 0 saturated heterocycles. The van der Waals surface area contributed by atoms with E-state index in [0.29, 0.717) is 6.42 Å². The predicted molar refractivity (Wildman–Crippen MR) is 149 cm³/mol. The lowest BCUT2D eigenvalue weighted by molar-refractivity contribution is -0.155. The first-order chi connectivity index (χ1) is 18.9. The summed E-state index contributed by atoms with van der Waals surface area (Å²) < 4.78 is 35.4. The smallest absolute Gasteiger partial charge is 0.313 e. The van der Waals surface area contributed by atoms with Crippen molar-refractivity contribution in [1.29, 1.82) is 0 Å². The van der Waals surface area contributed by atoms with E-state index in [2.05, 4.69) is 4.98 Å². The minimum atomic E-state index is -0.748. The summed E-state index contributed by atoms with van der Waals surface area (Å²) in [5.74, 6) is -2.52. The number of hydrogen-bond acceptors (Lipinski definition) is 8. The minimum absolute atomic E-state index is 0.0209. The number of hydrogen-bond donors (Lipinski definition) is 0. The monoisotopic (exact) mass is 559 g/mol. The van der Waals surface area contributed by atoms with Gasteiger partial charge in [0.05, 0.1) is 26.1 Å². The molecule has 1 heterocycles. The van der Waals surface area contributed by atoms with Crippen molar-refractivity contribution < 1.29 is 37.7 Å². The fourth-order valence-corrected chi connectivity index (χ4v) is 4.91. The van der Waals surface area contributed by atoms with Gasteiger partial charge < -0.3 is 18.9 Å². The number of carbonyl (C=O) groups excluding carboxylic acids is 3. The van der Waals surface area contributed by atoms with Crippen LogP contribution >= 0.6 is 0 Å². The third-order valence-corrected chi connectivity index (χ3v) is 6.72. The number of nitrogens with zero attached hydrogens (tertiary/aromatic N) is 1. The Labute approximate surface area is 236 Å². The number of ether oxygens (including phenoxy) is 4. The average molecular weight is 560 g/mol. The third kappa shape index (κ3) is 9.11. The Morgan fingerprint density at radius 2 is 1.73 bits per heavy atom. The van der Waals surface area contributed by atoms with Crippen LogP contribution in [0.4, 0.5) is 4.39 Å². The lowest BCUT2D eigenvalue weighted by atomic mass is 9.82. The maximum Gasteiger partial charge on any atom is 0.313 e. The molecule has 0 radical (unpaired) electrons. The van der Waals surface area contributed by atoms with Gasteiger partial charge in [0.1, 0.15) is 11.9 Å². The highest BCUT2D eigenvalue weighted by Gasteiger charge is 2.33. The molecule has 1 aromatic carbocycles. The molecule has 3 atom stereocenters. The van der Waals surface area contributed by atoms with Gasteiger partial charge in [0, 0.05) is 31.7 Å². The summed E-state index contributed by atoms with van der Waals surface area (Å²) in [6, 6.07) is 6.10. The van der Waals surface area contributed by atoms with Crippen molar-refractivity contribution in [2.75, 3.05) is 20.8 Å². The summed E-state index contributed by atoms with van der Waals surface area (Å²) in [6.45, 7) is 11.8. The van der Waals surface area contributed by atoms with E-state index in [4.69, 9.17) is 18.9 Å². The molecular weight excluding hydrogens is 517 g/mol. The molecule has 0 spiro atoms. The lowest BCUT2D eigenvalue weighted by Gasteiger charge is -2.30. The summed E-state index contributed by atoms with van der Waals surface area (Å²) >= 11 is 0. The van der Waals surface area contributed by atoms with Gasteiger partial charge in [-0.25, -0.2) is 9.37 Å². The van der Waals surface area contributed by atoms with Crippen molar-refractivity contribution in [2.45, 2.75) is 72.8 Å². The Hall–Kier alpha value is -3.33. The van der Waals surface area contributed by atoms with Crippen molar-refractivity contribution in [3.8, 4) is 11.5 Å². The second-order valence-electron chi connectivity index (χ2n) is 10.8. The number of pyridine rings is 1. The maximum atomic E-state index is 13.7. The predicted octanol–water partition coefficient (Wildman–Crippen LogP) is 6.09. The van der Waals surface area contributed by atoms with Crippen LogP contribution in [0.15, 0.2) is 30.5 Å². The van der Waals surface area contributed by atoms with Crippen LogP contribution in [0.2, 0.25) is 0 Å². The quantitative estimate of drug-likeness (QED) is 0.191. The number of halogens is 1. The molecule has 0 aliphatic rings. The first-order valence-corrected chi connectivity index (χ1v) is 13.6. The highest BCUT2D eigenvalue weighted by atomic mass is 19.1. The van der Waals surface area contributed by atoms with Gasteiger partial charge in [-0.3, -0.25) is 14.4 Å². The zero-order valence-corrected chi connectivity index (χ0v) is 24.8. The van der Waals surface area contributed by atoms with Crippen molar-refractivity contribution >= 4 is 17.7 Å². The summed E-state index contributed by atoms with van der Waals surface area (Å²) in [4.78, 5) is 43.4. The Balaban J connectivity index is 2.30. The number of Topliss-reactive ketones (excluding diaryl/α,β-unsaturated/α-hetero) is 1. The van der Waals surface area contributed by atoms with Crippen LogP contribution in [-0.2, 0) is 19.1 Å². The molecule has 0 bridgehead atoms. The number of benzene rings is 1. The molecule has 0 aliphatic carbocycles. The van der Waals surface area contributed by atoms with Gasteiger partial charge in [0.15, 0.2) is 17.2 Å². The first kappa shape index (κ1) is 32.9. The number of rotatable bonds is 15. The highest BCUT2D eigenvalue weighted by Crippen LogP contribution is 2.35. The van der Waals surface area contributed by atoms with E-state index >= 15 is 0 Å². The molecule has 9 heteroatoms. The Morgan fingerprint density at radius 3 is 2.30 bits per heavy atom. The Bertz CT molecular complexity index is 1160. The zero-order valence-electron chi connectivity index (χ0n) is 24.8. The number of aromatic nitrogens is 1. The van der Waals surface area contributed by atoms with Crippen LogP contribution in [0.5, 0.6) is 11.5 Å². The van der Waals surface area contributed by atoms with Crippen molar-refractivity contribution in [3.63, 3.8) is 0 Å². The van der Waals surface area contributed by atoms with Gasteiger partial charge in [0.25, 0.3) is 0 Å². The maximum absolute atomic E-state index is 13.7. The standard InChI is InChI=1S/C31H42FNO7/c1-18(2)15-22(31(36)39-21(6)28(19(3)4)24-10-9-23(32)16-20(24)5)17-25(34)29-30(26(38-8)11-13-33-29)40-27(35)12-14-37-7/h9-11,13,16,18-19,21-22,28H,12,14-15,17H2,1-8H3/t21-,22+,28+/m0/s1. The second kappa shape index (κ2) is 15.5. The van der Waals surface area contributed by atoms with Crippen molar-refractivity contribution in [3.05, 3.63) is 53.1 Å². The van der Waals surface area contributed by atoms with Crippen LogP contribution in [-0.4, -0.2) is 49.6 Å². The zero-order chi connectivity index (χ0) is 30.0. The highest BCUT2D eigenvalue weighted by molar-refractivity contribution is 6.00. The Kier molecular flexibility index (Phi) is 12.7. The van der Waals surface area contributed by atoms with E-state index < -0.39 is 29.7 Å². The van der Waals surface area contributed by atoms with E-state index in [-0.39, 0.29) is 60.2 Å². The molecule has 0 aliphatic heterocycles. The number of methoxy groups -OCH3 is 2. The van der Waals surface area contributed by atoms with Gasteiger partial charge >= 0.3 is 11.9 Å². The molecule has 0 saturated carbocycles. The molecule has 40 heavy (non-hydrogen) atoms. The third-order valence-electron chi connectivity index (χ3n) is 6.72. The normalized spacial score (nSPS) is 13.6. The minimum Gasteiger partial charge on any atom is -0.493 e. The SMILES string of the molecule is COCCC(=O)Oc1c(OC)ccnc1C(=O)C[C@@H](CC(C)C)C(=O)O[C@@H](C)[C@H](c1ccc(F)cc1C)C(C)C. The molecule has 2 aromatic rings. The first-order valence-electron chi connectivity index (χ1n) is 13.6. The van der Waals surface area contributed by atoms with Gasteiger partial charge in [-0.05, 0) is 55.4 Å². The number of carbonyl (C=O) groups is 3. The molecule has 0 N–H and O–H groups in total. The molecule has 0 fully saturated rings. The van der Waals surface area contributed by atoms with E-state index in [9.17, 15) is 18.8 Å². The summed E-state index contributed by atoms with van der Waals surface area (Å²) in [7, 11) is 2.86. The average Bonchev–Trinajstić information content (AvgIpc) is 2.88. The van der Waals surface area contributed by atoms with Crippen LogP contribution in [0.3, 0.4) is 0 Å². The number of aryl methyl sites for hydroxylation is 1. The van der Waals surface area contributed by atoms with Gasteiger partial charge in [-0.15, -0.1) is 0 Å². The van der Waals surface area contributed by atoms with Gasteiger partial charge in [0.2, 0.25) is 5.75 Å². The Morgan fingerprint density at radius 1 is 1.02 bits per heavy atom. The van der Waals surface area contributed by atoms with Crippen LogP contribution in [0.1, 0.15) is 81.4 Å². The summed E-state index contributed by atoms with van der Waals surface area (Å²) in [5.41, 5.74) is 1.60. The van der Waals surface area contributed by atoms with Gasteiger partial charge in [-0.1, -0.05) is 33.8 Å².